The standard InChI is InChI=1S/C12H14F4O2/c13-10-2-1-3-11(14)9(10)6-8(17)4-5-18-7-12(15)16/h1-3,8,12,17H,4-7H2. The molecular formula is C12H14F4O2. The molecule has 0 aromatic heterocycles. The minimum Gasteiger partial charge on any atom is -0.393 e. The number of ether oxygens (including phenoxy) is 1. The smallest absolute Gasteiger partial charge is 0.261 e. The van der Waals surface area contributed by atoms with Gasteiger partial charge in [-0.15, -0.1) is 0 Å². The van der Waals surface area contributed by atoms with Crippen molar-refractivity contribution in [2.24, 2.45) is 0 Å². The fourth-order valence-corrected chi connectivity index (χ4v) is 1.46. The molecule has 102 valence electrons. The van der Waals surface area contributed by atoms with Crippen molar-refractivity contribution in [1.29, 1.82) is 0 Å². The summed E-state index contributed by atoms with van der Waals surface area (Å²) in [5.41, 5.74) is -0.209. The van der Waals surface area contributed by atoms with Gasteiger partial charge in [0.15, 0.2) is 0 Å². The Bertz CT molecular complexity index is 351. The Morgan fingerprint density at radius 3 is 2.33 bits per heavy atom. The zero-order valence-electron chi connectivity index (χ0n) is 9.58. The van der Waals surface area contributed by atoms with E-state index in [0.29, 0.717) is 0 Å². The second-order valence-electron chi connectivity index (χ2n) is 3.81. The van der Waals surface area contributed by atoms with Crippen molar-refractivity contribution in [2.75, 3.05) is 13.2 Å². The average molecular weight is 266 g/mol. The third-order valence-corrected chi connectivity index (χ3v) is 2.34. The summed E-state index contributed by atoms with van der Waals surface area (Å²) >= 11 is 0. The summed E-state index contributed by atoms with van der Waals surface area (Å²) in [5, 5.41) is 9.52. The summed E-state index contributed by atoms with van der Waals surface area (Å²) in [5.74, 6) is -1.47. The Balaban J connectivity index is 2.38. The number of hydrogen-bond donors (Lipinski definition) is 1. The zero-order chi connectivity index (χ0) is 13.5. The maximum absolute atomic E-state index is 13.2. The van der Waals surface area contributed by atoms with E-state index in [-0.39, 0.29) is 25.0 Å². The van der Waals surface area contributed by atoms with Crippen LogP contribution in [0.2, 0.25) is 0 Å². The van der Waals surface area contributed by atoms with Crippen LogP contribution in [0.3, 0.4) is 0 Å². The summed E-state index contributed by atoms with van der Waals surface area (Å²) in [7, 11) is 0. The van der Waals surface area contributed by atoms with Gasteiger partial charge >= 0.3 is 0 Å². The third-order valence-electron chi connectivity index (χ3n) is 2.34. The lowest BCUT2D eigenvalue weighted by molar-refractivity contribution is 0.00498. The number of alkyl halides is 2. The number of aliphatic hydroxyl groups is 1. The Labute approximate surface area is 102 Å². The molecule has 0 saturated carbocycles. The molecule has 0 aliphatic carbocycles. The Morgan fingerprint density at radius 2 is 1.78 bits per heavy atom. The molecule has 0 aliphatic rings. The van der Waals surface area contributed by atoms with Gasteiger partial charge in [-0.25, -0.2) is 17.6 Å². The highest BCUT2D eigenvalue weighted by Gasteiger charge is 2.14. The van der Waals surface area contributed by atoms with Crippen LogP contribution >= 0.6 is 0 Å². The largest absolute Gasteiger partial charge is 0.393 e. The van der Waals surface area contributed by atoms with Crippen LogP contribution < -0.4 is 0 Å². The van der Waals surface area contributed by atoms with Crippen LogP contribution in [0.5, 0.6) is 0 Å². The second-order valence-corrected chi connectivity index (χ2v) is 3.81. The van der Waals surface area contributed by atoms with Gasteiger partial charge in [-0.1, -0.05) is 6.07 Å². The highest BCUT2D eigenvalue weighted by atomic mass is 19.3. The molecule has 0 amide bonds. The van der Waals surface area contributed by atoms with Crippen molar-refractivity contribution < 1.29 is 27.4 Å². The maximum Gasteiger partial charge on any atom is 0.261 e. The molecular weight excluding hydrogens is 252 g/mol. The minimum absolute atomic E-state index is 0.0422. The van der Waals surface area contributed by atoms with Gasteiger partial charge < -0.3 is 9.84 Å². The molecule has 0 radical (unpaired) electrons. The fraction of sp³-hybridized carbons (Fsp3) is 0.500. The first-order valence-electron chi connectivity index (χ1n) is 5.47. The second kappa shape index (κ2) is 7.33. The molecule has 0 bridgehead atoms. The highest BCUT2D eigenvalue weighted by molar-refractivity contribution is 5.20. The van der Waals surface area contributed by atoms with Gasteiger partial charge in [-0.2, -0.15) is 0 Å². The van der Waals surface area contributed by atoms with Gasteiger partial charge in [0.25, 0.3) is 6.43 Å². The van der Waals surface area contributed by atoms with Gasteiger partial charge in [0.2, 0.25) is 0 Å². The quantitative estimate of drug-likeness (QED) is 0.607. The van der Waals surface area contributed by atoms with Crippen LogP contribution in [0.1, 0.15) is 12.0 Å². The number of rotatable bonds is 7. The molecule has 0 heterocycles. The molecule has 1 unspecified atom stereocenters. The lowest BCUT2D eigenvalue weighted by Gasteiger charge is -2.12. The molecule has 1 N–H and O–H groups in total. The van der Waals surface area contributed by atoms with Crippen molar-refractivity contribution in [3.8, 4) is 0 Å². The molecule has 1 aromatic rings. The predicted octanol–water partition coefficient (Wildman–Crippen LogP) is 2.54. The fourth-order valence-electron chi connectivity index (χ4n) is 1.46. The van der Waals surface area contributed by atoms with E-state index in [0.717, 1.165) is 12.1 Å². The molecule has 0 fully saturated rings. The van der Waals surface area contributed by atoms with E-state index in [1.807, 2.05) is 0 Å². The molecule has 2 nitrogen and oxygen atoms in total. The lowest BCUT2D eigenvalue weighted by Crippen LogP contribution is -2.17. The van der Waals surface area contributed by atoms with E-state index < -0.39 is 30.8 Å². The van der Waals surface area contributed by atoms with Gasteiger partial charge in [-0.05, 0) is 18.6 Å². The summed E-state index contributed by atoms with van der Waals surface area (Å²) in [6, 6.07) is 3.42. The van der Waals surface area contributed by atoms with E-state index >= 15 is 0 Å². The first-order valence-corrected chi connectivity index (χ1v) is 5.47. The first kappa shape index (κ1) is 14.9. The topological polar surface area (TPSA) is 29.5 Å². The van der Waals surface area contributed by atoms with E-state index in [1.54, 1.807) is 0 Å². The Morgan fingerprint density at radius 1 is 1.17 bits per heavy atom. The van der Waals surface area contributed by atoms with Crippen molar-refractivity contribution in [2.45, 2.75) is 25.4 Å². The maximum atomic E-state index is 13.2. The molecule has 18 heavy (non-hydrogen) atoms. The van der Waals surface area contributed by atoms with Crippen molar-refractivity contribution in [1.82, 2.24) is 0 Å². The third kappa shape index (κ3) is 5.01. The number of benzene rings is 1. The minimum atomic E-state index is -2.56. The van der Waals surface area contributed by atoms with Gasteiger partial charge in [-0.3, -0.25) is 0 Å². The van der Waals surface area contributed by atoms with Gasteiger partial charge in [0, 0.05) is 18.6 Å². The Kier molecular flexibility index (Phi) is 6.07. The van der Waals surface area contributed by atoms with Crippen LogP contribution in [0.25, 0.3) is 0 Å². The number of halogens is 4. The van der Waals surface area contributed by atoms with Crippen molar-refractivity contribution >= 4 is 0 Å². The van der Waals surface area contributed by atoms with E-state index in [4.69, 9.17) is 0 Å². The molecule has 1 atom stereocenters. The molecule has 6 heteroatoms. The molecule has 0 saturated heterocycles. The van der Waals surface area contributed by atoms with Crippen molar-refractivity contribution in [3.63, 3.8) is 0 Å². The lowest BCUT2D eigenvalue weighted by atomic mass is 10.0. The van der Waals surface area contributed by atoms with Crippen LogP contribution in [-0.4, -0.2) is 30.8 Å². The van der Waals surface area contributed by atoms with Crippen LogP contribution in [0.4, 0.5) is 17.6 Å². The summed E-state index contributed by atoms with van der Waals surface area (Å²) < 4.78 is 54.5. The van der Waals surface area contributed by atoms with Crippen LogP contribution in [-0.2, 0) is 11.2 Å². The van der Waals surface area contributed by atoms with Crippen LogP contribution in [0, 0.1) is 11.6 Å². The predicted molar refractivity (Wildman–Crippen MR) is 57.5 cm³/mol. The molecule has 1 rings (SSSR count). The molecule has 0 spiro atoms. The number of hydrogen-bond acceptors (Lipinski definition) is 2. The van der Waals surface area contributed by atoms with Gasteiger partial charge in [0.05, 0.1) is 6.10 Å². The first-order chi connectivity index (χ1) is 8.50. The van der Waals surface area contributed by atoms with Crippen LogP contribution in [0.15, 0.2) is 18.2 Å². The molecule has 0 aliphatic heterocycles. The zero-order valence-corrected chi connectivity index (χ0v) is 9.58. The van der Waals surface area contributed by atoms with Gasteiger partial charge in [0.1, 0.15) is 18.2 Å². The highest BCUT2D eigenvalue weighted by Crippen LogP contribution is 2.15. The summed E-state index contributed by atoms with van der Waals surface area (Å²) in [6.45, 7) is -0.789. The van der Waals surface area contributed by atoms with E-state index in [1.165, 1.54) is 6.07 Å². The SMILES string of the molecule is OC(CCOCC(F)F)Cc1c(F)cccc1F. The monoisotopic (exact) mass is 266 g/mol. The number of aliphatic hydroxyl groups excluding tert-OH is 1. The average Bonchev–Trinajstić information content (AvgIpc) is 2.29. The Hall–Kier alpha value is -1.14. The normalized spacial score (nSPS) is 13.0. The summed E-state index contributed by atoms with van der Waals surface area (Å²) in [6.07, 6.45) is -3.77. The molecule has 1 aromatic carbocycles. The summed E-state index contributed by atoms with van der Waals surface area (Å²) in [4.78, 5) is 0. The van der Waals surface area contributed by atoms with E-state index in [9.17, 15) is 22.7 Å². The van der Waals surface area contributed by atoms with Crippen molar-refractivity contribution in [3.05, 3.63) is 35.4 Å². The van der Waals surface area contributed by atoms with E-state index in [2.05, 4.69) is 4.74 Å².